The van der Waals surface area contributed by atoms with Crippen LogP contribution in [0.4, 0.5) is 8.78 Å². The maximum absolute atomic E-state index is 13.1. The van der Waals surface area contributed by atoms with Crippen LogP contribution in [0.1, 0.15) is 25.3 Å². The fourth-order valence-corrected chi connectivity index (χ4v) is 1.40. The maximum atomic E-state index is 13.1. The summed E-state index contributed by atoms with van der Waals surface area (Å²) in [5, 5.41) is 9.42. The summed E-state index contributed by atoms with van der Waals surface area (Å²) in [5.41, 5.74) is -0.0200. The third-order valence-corrected chi connectivity index (χ3v) is 2.12. The van der Waals surface area contributed by atoms with E-state index in [4.69, 9.17) is 0 Å². The van der Waals surface area contributed by atoms with E-state index in [1.165, 1.54) is 18.2 Å². The van der Waals surface area contributed by atoms with E-state index in [-0.39, 0.29) is 12.0 Å². The molecule has 0 spiro atoms. The highest BCUT2D eigenvalue weighted by molar-refractivity contribution is 5.20. The molecule has 0 amide bonds. The number of aliphatic hydroxyl groups is 1. The predicted molar refractivity (Wildman–Crippen MR) is 51.0 cm³/mol. The van der Waals surface area contributed by atoms with E-state index in [0.29, 0.717) is 6.42 Å². The van der Waals surface area contributed by atoms with Crippen molar-refractivity contribution < 1.29 is 13.9 Å². The second kappa shape index (κ2) is 5.05. The summed E-state index contributed by atoms with van der Waals surface area (Å²) in [5.74, 6) is -1.17. The minimum absolute atomic E-state index is 0.0200. The van der Waals surface area contributed by atoms with Crippen LogP contribution in [0.3, 0.4) is 0 Å². The Morgan fingerprint density at radius 1 is 1.29 bits per heavy atom. The molecule has 0 aliphatic carbocycles. The number of halogens is 2. The smallest absolute Gasteiger partial charge is 0.129 e. The molecule has 1 nitrogen and oxygen atoms in total. The van der Waals surface area contributed by atoms with Gasteiger partial charge in [-0.25, -0.2) is 8.78 Å². The number of aliphatic hydroxyl groups excluding tert-OH is 1. The lowest BCUT2D eigenvalue weighted by molar-refractivity contribution is 0.161. The lowest BCUT2D eigenvalue weighted by Crippen LogP contribution is -2.12. The lowest BCUT2D eigenvalue weighted by atomic mass is 10.0. The van der Waals surface area contributed by atoms with Crippen LogP contribution in [0.25, 0.3) is 0 Å². The standard InChI is InChI=1S/C11H14F2O/c1-2-4-8(14)7-9-10(12)5-3-6-11(9)13/h3,5-6,8,14H,2,4,7H2,1H3. The second-order valence-electron chi connectivity index (χ2n) is 3.35. The van der Waals surface area contributed by atoms with Gasteiger partial charge in [0.2, 0.25) is 0 Å². The summed E-state index contributed by atoms with van der Waals surface area (Å²) in [6.45, 7) is 1.92. The van der Waals surface area contributed by atoms with Gasteiger partial charge in [0.25, 0.3) is 0 Å². The van der Waals surface area contributed by atoms with Gasteiger partial charge in [-0.15, -0.1) is 0 Å². The molecule has 1 aromatic carbocycles. The largest absolute Gasteiger partial charge is 0.393 e. The van der Waals surface area contributed by atoms with Crippen molar-refractivity contribution in [3.8, 4) is 0 Å². The van der Waals surface area contributed by atoms with Crippen molar-refractivity contribution in [3.05, 3.63) is 35.4 Å². The molecule has 1 atom stereocenters. The van der Waals surface area contributed by atoms with Crippen LogP contribution >= 0.6 is 0 Å². The number of benzene rings is 1. The van der Waals surface area contributed by atoms with Crippen LogP contribution in [0.2, 0.25) is 0 Å². The molecule has 0 aromatic heterocycles. The molecule has 0 aliphatic rings. The van der Waals surface area contributed by atoms with E-state index in [1.54, 1.807) is 0 Å². The SMILES string of the molecule is CCCC(O)Cc1c(F)cccc1F. The van der Waals surface area contributed by atoms with Gasteiger partial charge >= 0.3 is 0 Å². The Bertz CT molecular complexity index is 279. The third-order valence-electron chi connectivity index (χ3n) is 2.12. The zero-order chi connectivity index (χ0) is 10.6. The molecular weight excluding hydrogens is 186 g/mol. The summed E-state index contributed by atoms with van der Waals surface area (Å²) in [6.07, 6.45) is 0.753. The summed E-state index contributed by atoms with van der Waals surface area (Å²) in [6, 6.07) is 3.73. The Kier molecular flexibility index (Phi) is 4.01. The average Bonchev–Trinajstić information content (AvgIpc) is 2.12. The Morgan fingerprint density at radius 2 is 1.86 bits per heavy atom. The van der Waals surface area contributed by atoms with Crippen molar-refractivity contribution in [3.63, 3.8) is 0 Å². The molecule has 1 aromatic rings. The Balaban J connectivity index is 2.75. The van der Waals surface area contributed by atoms with Crippen molar-refractivity contribution in [2.24, 2.45) is 0 Å². The average molecular weight is 200 g/mol. The van der Waals surface area contributed by atoms with E-state index in [2.05, 4.69) is 0 Å². The van der Waals surface area contributed by atoms with Gasteiger partial charge in [0.15, 0.2) is 0 Å². The molecule has 1 rings (SSSR count). The third kappa shape index (κ3) is 2.77. The fourth-order valence-electron chi connectivity index (χ4n) is 1.40. The van der Waals surface area contributed by atoms with Gasteiger partial charge in [0.05, 0.1) is 6.10 Å². The molecule has 78 valence electrons. The van der Waals surface area contributed by atoms with Crippen LogP contribution in [0.5, 0.6) is 0 Å². The number of hydrogen-bond donors (Lipinski definition) is 1. The Labute approximate surface area is 82.4 Å². The zero-order valence-corrected chi connectivity index (χ0v) is 8.13. The summed E-state index contributed by atoms with van der Waals surface area (Å²) in [4.78, 5) is 0. The fraction of sp³-hybridized carbons (Fsp3) is 0.455. The van der Waals surface area contributed by atoms with Gasteiger partial charge in [-0.05, 0) is 18.6 Å². The van der Waals surface area contributed by atoms with Crippen molar-refractivity contribution in [1.82, 2.24) is 0 Å². The van der Waals surface area contributed by atoms with Crippen LogP contribution in [-0.4, -0.2) is 11.2 Å². The molecule has 0 saturated heterocycles. The molecule has 0 fully saturated rings. The molecule has 0 aliphatic heterocycles. The minimum atomic E-state index is -0.661. The Morgan fingerprint density at radius 3 is 2.36 bits per heavy atom. The van der Waals surface area contributed by atoms with Crippen molar-refractivity contribution in [2.75, 3.05) is 0 Å². The second-order valence-corrected chi connectivity index (χ2v) is 3.35. The highest BCUT2D eigenvalue weighted by Gasteiger charge is 2.12. The monoisotopic (exact) mass is 200 g/mol. The first-order valence-corrected chi connectivity index (χ1v) is 4.76. The Hall–Kier alpha value is -0.960. The molecule has 1 unspecified atom stereocenters. The molecule has 0 bridgehead atoms. The summed E-state index contributed by atoms with van der Waals surface area (Å²) < 4.78 is 26.2. The summed E-state index contributed by atoms with van der Waals surface area (Å²) >= 11 is 0. The van der Waals surface area contributed by atoms with Crippen molar-refractivity contribution in [2.45, 2.75) is 32.3 Å². The summed E-state index contributed by atoms with van der Waals surface area (Å²) in [7, 11) is 0. The van der Waals surface area contributed by atoms with Gasteiger partial charge in [-0.1, -0.05) is 19.4 Å². The van der Waals surface area contributed by atoms with E-state index in [1.807, 2.05) is 6.92 Å². The molecule has 1 N–H and O–H groups in total. The van der Waals surface area contributed by atoms with Gasteiger partial charge in [0, 0.05) is 12.0 Å². The van der Waals surface area contributed by atoms with Crippen LogP contribution in [-0.2, 0) is 6.42 Å². The van der Waals surface area contributed by atoms with E-state index in [0.717, 1.165) is 6.42 Å². The normalized spacial score (nSPS) is 12.9. The highest BCUT2D eigenvalue weighted by atomic mass is 19.1. The first-order valence-electron chi connectivity index (χ1n) is 4.76. The lowest BCUT2D eigenvalue weighted by Gasteiger charge is -2.10. The van der Waals surface area contributed by atoms with Gasteiger partial charge < -0.3 is 5.11 Å². The molecule has 3 heteroatoms. The molecular formula is C11H14F2O. The van der Waals surface area contributed by atoms with Gasteiger partial charge in [-0.3, -0.25) is 0 Å². The number of rotatable bonds is 4. The van der Waals surface area contributed by atoms with Crippen LogP contribution in [0, 0.1) is 11.6 Å². The van der Waals surface area contributed by atoms with Gasteiger partial charge in [-0.2, -0.15) is 0 Å². The van der Waals surface area contributed by atoms with E-state index >= 15 is 0 Å². The molecule has 0 saturated carbocycles. The number of hydrogen-bond acceptors (Lipinski definition) is 1. The molecule has 0 radical (unpaired) electrons. The van der Waals surface area contributed by atoms with Crippen molar-refractivity contribution >= 4 is 0 Å². The van der Waals surface area contributed by atoms with E-state index < -0.39 is 17.7 Å². The highest BCUT2D eigenvalue weighted by Crippen LogP contribution is 2.15. The zero-order valence-electron chi connectivity index (χ0n) is 8.13. The quantitative estimate of drug-likeness (QED) is 0.792. The predicted octanol–water partition coefficient (Wildman–Crippen LogP) is 2.67. The van der Waals surface area contributed by atoms with Crippen molar-refractivity contribution in [1.29, 1.82) is 0 Å². The van der Waals surface area contributed by atoms with E-state index in [9.17, 15) is 13.9 Å². The molecule has 14 heavy (non-hydrogen) atoms. The molecule has 0 heterocycles. The van der Waals surface area contributed by atoms with Crippen LogP contribution < -0.4 is 0 Å². The first kappa shape index (κ1) is 11.1. The van der Waals surface area contributed by atoms with Gasteiger partial charge in [0.1, 0.15) is 11.6 Å². The topological polar surface area (TPSA) is 20.2 Å². The first-order chi connectivity index (χ1) is 6.65. The minimum Gasteiger partial charge on any atom is -0.393 e. The van der Waals surface area contributed by atoms with Crippen LogP contribution in [0.15, 0.2) is 18.2 Å². The maximum Gasteiger partial charge on any atom is 0.129 e.